The standard InChI is InChI=1S/C29H27Cl3N4O4/c1-39-21-10-8-18(9-11-21)29(38)36-14-12-35(13-15-36)24-7-3-6-22(30)26(24)23-17-25(40-34-23)19-4-2-5-20(16-19)33-28(37)27(31)32/h2-11,16,25,27H,12-15,17H2,1H3,(H,33,37). The molecule has 11 heteroatoms. The first-order valence-corrected chi connectivity index (χ1v) is 14.0. The lowest BCUT2D eigenvalue weighted by Gasteiger charge is -2.37. The molecule has 40 heavy (non-hydrogen) atoms. The largest absolute Gasteiger partial charge is 0.497 e. The molecule has 3 aromatic carbocycles. The molecule has 2 aliphatic rings. The van der Waals surface area contributed by atoms with E-state index in [1.54, 1.807) is 37.4 Å². The second-order valence-corrected chi connectivity index (χ2v) is 10.9. The number of halogens is 3. The Balaban J connectivity index is 1.27. The molecule has 2 heterocycles. The van der Waals surface area contributed by atoms with E-state index in [2.05, 4.69) is 15.4 Å². The fourth-order valence-electron chi connectivity index (χ4n) is 4.85. The van der Waals surface area contributed by atoms with Crippen molar-refractivity contribution in [3.63, 3.8) is 0 Å². The van der Waals surface area contributed by atoms with Crippen LogP contribution in [0.5, 0.6) is 5.75 Å². The van der Waals surface area contributed by atoms with Crippen molar-refractivity contribution >= 4 is 63.7 Å². The minimum absolute atomic E-state index is 0.00364. The van der Waals surface area contributed by atoms with E-state index in [0.29, 0.717) is 54.6 Å². The van der Waals surface area contributed by atoms with Crippen LogP contribution in [0.1, 0.15) is 34.0 Å². The summed E-state index contributed by atoms with van der Waals surface area (Å²) >= 11 is 18.0. The van der Waals surface area contributed by atoms with E-state index in [0.717, 1.165) is 22.5 Å². The predicted molar refractivity (Wildman–Crippen MR) is 158 cm³/mol. The zero-order valence-corrected chi connectivity index (χ0v) is 23.9. The molecule has 0 radical (unpaired) electrons. The predicted octanol–water partition coefficient (Wildman–Crippen LogP) is 5.92. The minimum atomic E-state index is -1.16. The van der Waals surface area contributed by atoms with Gasteiger partial charge in [0.15, 0.2) is 10.9 Å². The summed E-state index contributed by atoms with van der Waals surface area (Å²) in [7, 11) is 1.60. The Hall–Kier alpha value is -3.46. The summed E-state index contributed by atoms with van der Waals surface area (Å²) < 4.78 is 5.19. The van der Waals surface area contributed by atoms with Gasteiger partial charge in [-0.2, -0.15) is 0 Å². The van der Waals surface area contributed by atoms with Gasteiger partial charge in [0.1, 0.15) is 5.75 Å². The van der Waals surface area contributed by atoms with E-state index < -0.39 is 10.7 Å². The number of nitrogens with one attached hydrogen (secondary N) is 1. The van der Waals surface area contributed by atoms with Crippen LogP contribution in [0.2, 0.25) is 5.02 Å². The monoisotopic (exact) mass is 600 g/mol. The average molecular weight is 602 g/mol. The quantitative estimate of drug-likeness (QED) is 0.340. The van der Waals surface area contributed by atoms with Crippen LogP contribution in [0, 0.1) is 0 Å². The number of rotatable bonds is 7. The second kappa shape index (κ2) is 12.4. The van der Waals surface area contributed by atoms with E-state index in [1.165, 1.54) is 0 Å². The van der Waals surface area contributed by atoms with E-state index in [9.17, 15) is 9.59 Å². The van der Waals surface area contributed by atoms with Crippen molar-refractivity contribution < 1.29 is 19.2 Å². The third-order valence-corrected chi connectivity index (χ3v) is 7.63. The van der Waals surface area contributed by atoms with Gasteiger partial charge in [0.05, 0.1) is 17.8 Å². The molecular formula is C29H27Cl3N4O4. The summed E-state index contributed by atoms with van der Waals surface area (Å²) in [5.74, 6) is 0.207. The number of anilines is 2. The maximum absolute atomic E-state index is 13.0. The Kier molecular flexibility index (Phi) is 8.69. The molecule has 0 bridgehead atoms. The molecule has 0 saturated carbocycles. The van der Waals surface area contributed by atoms with E-state index in [1.807, 2.05) is 41.3 Å². The van der Waals surface area contributed by atoms with Gasteiger partial charge in [-0.3, -0.25) is 9.59 Å². The molecule has 208 valence electrons. The lowest BCUT2D eigenvalue weighted by Crippen LogP contribution is -2.49. The van der Waals surface area contributed by atoms with Crippen molar-refractivity contribution in [2.24, 2.45) is 5.16 Å². The first-order valence-electron chi connectivity index (χ1n) is 12.7. The normalized spacial score (nSPS) is 16.9. The number of nitrogens with zero attached hydrogens (tertiary/aromatic N) is 3. The number of oxime groups is 1. The Morgan fingerprint density at radius 2 is 1.75 bits per heavy atom. The number of alkyl halides is 2. The zero-order chi connectivity index (χ0) is 28.2. The molecule has 5 rings (SSSR count). The summed E-state index contributed by atoms with van der Waals surface area (Å²) in [6.45, 7) is 2.45. The fraction of sp³-hybridized carbons (Fsp3) is 0.276. The molecular weight excluding hydrogens is 575 g/mol. The molecule has 1 fully saturated rings. The van der Waals surface area contributed by atoms with E-state index in [4.69, 9.17) is 44.4 Å². The Morgan fingerprint density at radius 1 is 1.02 bits per heavy atom. The molecule has 2 amide bonds. The van der Waals surface area contributed by atoms with Crippen LogP contribution in [-0.4, -0.2) is 60.6 Å². The van der Waals surface area contributed by atoms with Crippen molar-refractivity contribution in [2.75, 3.05) is 43.5 Å². The number of methoxy groups -OCH3 is 1. The molecule has 8 nitrogen and oxygen atoms in total. The number of benzene rings is 3. The van der Waals surface area contributed by atoms with Gasteiger partial charge in [-0.1, -0.05) is 58.2 Å². The van der Waals surface area contributed by atoms with E-state index in [-0.39, 0.29) is 12.0 Å². The lowest BCUT2D eigenvalue weighted by atomic mass is 9.98. The summed E-state index contributed by atoms with van der Waals surface area (Å²) in [5, 5.41) is 7.65. The number of hydrogen-bond donors (Lipinski definition) is 1. The lowest BCUT2D eigenvalue weighted by molar-refractivity contribution is -0.114. The van der Waals surface area contributed by atoms with E-state index >= 15 is 0 Å². The summed E-state index contributed by atoms with van der Waals surface area (Å²) in [6, 6.07) is 20.2. The Morgan fingerprint density at radius 3 is 2.45 bits per heavy atom. The molecule has 0 aromatic heterocycles. The highest BCUT2D eigenvalue weighted by molar-refractivity contribution is 6.54. The Labute approximate surface area is 247 Å². The third-order valence-electron chi connectivity index (χ3n) is 6.92. The summed E-state index contributed by atoms with van der Waals surface area (Å²) in [6.07, 6.45) is 0.148. The van der Waals surface area contributed by atoms with Crippen molar-refractivity contribution in [3.05, 3.63) is 88.4 Å². The molecule has 0 spiro atoms. The second-order valence-electron chi connectivity index (χ2n) is 9.39. The topological polar surface area (TPSA) is 83.5 Å². The van der Waals surface area contributed by atoms with Crippen LogP contribution in [0.3, 0.4) is 0 Å². The SMILES string of the molecule is COc1ccc(C(=O)N2CCN(c3cccc(Cl)c3C3=NOC(c4cccc(NC(=O)C(Cl)Cl)c4)C3)CC2)cc1. The zero-order valence-electron chi connectivity index (χ0n) is 21.6. The smallest absolute Gasteiger partial charge is 0.257 e. The van der Waals surface area contributed by atoms with Crippen LogP contribution in [0.4, 0.5) is 11.4 Å². The third kappa shape index (κ3) is 6.14. The highest BCUT2D eigenvalue weighted by Crippen LogP contribution is 2.37. The maximum Gasteiger partial charge on any atom is 0.257 e. The summed E-state index contributed by atoms with van der Waals surface area (Å²) in [5.41, 5.74) is 4.54. The van der Waals surface area contributed by atoms with Crippen molar-refractivity contribution in [1.29, 1.82) is 0 Å². The van der Waals surface area contributed by atoms with Crippen LogP contribution in [0.15, 0.2) is 71.9 Å². The van der Waals surface area contributed by atoms with Gasteiger partial charge in [-0.05, 0) is 54.1 Å². The molecule has 2 aliphatic heterocycles. The molecule has 1 atom stereocenters. The van der Waals surface area contributed by atoms with Gasteiger partial charge in [-0.15, -0.1) is 0 Å². The number of carbonyl (C=O) groups excluding carboxylic acids is 2. The fourth-order valence-corrected chi connectivity index (χ4v) is 5.23. The number of hydrogen-bond acceptors (Lipinski definition) is 6. The van der Waals surface area contributed by atoms with Crippen LogP contribution < -0.4 is 15.0 Å². The van der Waals surface area contributed by atoms with Crippen LogP contribution in [0.25, 0.3) is 0 Å². The molecule has 1 saturated heterocycles. The van der Waals surface area contributed by atoms with Crippen molar-refractivity contribution in [1.82, 2.24) is 4.90 Å². The van der Waals surface area contributed by atoms with Crippen LogP contribution in [-0.2, 0) is 9.63 Å². The molecule has 1 N–H and O–H groups in total. The number of amides is 2. The molecule has 3 aromatic rings. The first kappa shape index (κ1) is 28.1. The highest BCUT2D eigenvalue weighted by atomic mass is 35.5. The van der Waals surface area contributed by atoms with Gasteiger partial charge in [0.25, 0.3) is 11.8 Å². The van der Waals surface area contributed by atoms with Crippen molar-refractivity contribution in [2.45, 2.75) is 17.4 Å². The van der Waals surface area contributed by atoms with Gasteiger partial charge in [0, 0.05) is 55.1 Å². The Bertz CT molecular complexity index is 1420. The van der Waals surface area contributed by atoms with Gasteiger partial charge in [-0.25, -0.2) is 0 Å². The van der Waals surface area contributed by atoms with Crippen LogP contribution >= 0.6 is 34.8 Å². The average Bonchev–Trinajstić information content (AvgIpc) is 3.47. The van der Waals surface area contributed by atoms with Gasteiger partial charge in [0.2, 0.25) is 0 Å². The highest BCUT2D eigenvalue weighted by Gasteiger charge is 2.30. The molecule has 1 unspecified atom stereocenters. The molecule has 0 aliphatic carbocycles. The first-order chi connectivity index (χ1) is 19.3. The maximum atomic E-state index is 13.0. The van der Waals surface area contributed by atoms with Gasteiger partial charge >= 0.3 is 0 Å². The minimum Gasteiger partial charge on any atom is -0.497 e. The number of carbonyl (C=O) groups is 2. The number of piperazine rings is 1. The van der Waals surface area contributed by atoms with Crippen molar-refractivity contribution in [3.8, 4) is 5.75 Å². The van der Waals surface area contributed by atoms with Gasteiger partial charge < -0.3 is 24.7 Å². The number of ether oxygens (including phenoxy) is 1. The summed E-state index contributed by atoms with van der Waals surface area (Å²) in [4.78, 5) is 33.6.